The summed E-state index contributed by atoms with van der Waals surface area (Å²) in [4.78, 5) is 9.59. The Morgan fingerprint density at radius 2 is 1.68 bits per heavy atom. The Morgan fingerprint density at radius 3 is 2.32 bits per heavy atom. The van der Waals surface area contributed by atoms with Crippen molar-refractivity contribution in [2.24, 2.45) is 0 Å². The lowest BCUT2D eigenvalue weighted by Crippen LogP contribution is -2.42. The molecule has 3 rings (SSSR count). The zero-order valence-electron chi connectivity index (χ0n) is 14.2. The lowest BCUT2D eigenvalue weighted by molar-refractivity contribution is 0.248. The van der Waals surface area contributed by atoms with Crippen molar-refractivity contribution in [2.45, 2.75) is 47.0 Å². The molecule has 0 saturated heterocycles. The van der Waals surface area contributed by atoms with E-state index >= 15 is 0 Å². The first-order valence-corrected chi connectivity index (χ1v) is 7.96. The van der Waals surface area contributed by atoms with Crippen LogP contribution >= 0.6 is 0 Å². The fourth-order valence-corrected chi connectivity index (χ4v) is 3.54. The summed E-state index contributed by atoms with van der Waals surface area (Å²) < 4.78 is 0. The first kappa shape index (κ1) is 15.0. The minimum absolute atomic E-state index is 0.342. The Kier molecular flexibility index (Phi) is 3.92. The van der Waals surface area contributed by atoms with Crippen molar-refractivity contribution in [3.05, 3.63) is 58.4 Å². The predicted molar refractivity (Wildman–Crippen MR) is 92.0 cm³/mol. The molecule has 116 valence electrons. The number of rotatable bonds is 1. The van der Waals surface area contributed by atoms with E-state index in [1.165, 1.54) is 22.4 Å². The summed E-state index contributed by atoms with van der Waals surface area (Å²) in [6.07, 6.45) is 0.342. The van der Waals surface area contributed by atoms with Gasteiger partial charge in [-0.1, -0.05) is 24.3 Å². The second-order valence-electron chi connectivity index (χ2n) is 6.46. The maximum absolute atomic E-state index is 4.70. The molecule has 0 aliphatic carbocycles. The van der Waals surface area contributed by atoms with Crippen LogP contribution in [0.1, 0.15) is 35.0 Å². The highest BCUT2D eigenvalue weighted by molar-refractivity contribution is 5.58. The lowest BCUT2D eigenvalue weighted by Gasteiger charge is -2.36. The third kappa shape index (κ3) is 2.61. The molecule has 0 radical (unpaired) electrons. The molecule has 0 fully saturated rings. The highest BCUT2D eigenvalue weighted by Crippen LogP contribution is 2.31. The second kappa shape index (κ2) is 5.73. The Labute approximate surface area is 133 Å². The molecule has 2 aromatic rings. The zero-order chi connectivity index (χ0) is 15.9. The van der Waals surface area contributed by atoms with E-state index in [1.54, 1.807) is 0 Å². The molecule has 1 aliphatic rings. The summed E-state index contributed by atoms with van der Waals surface area (Å²) in [5.41, 5.74) is 7.64. The van der Waals surface area contributed by atoms with Crippen LogP contribution in [0, 0.1) is 20.8 Å². The molecule has 2 heterocycles. The smallest absolute Gasteiger partial charge is 0.0797 e. The average molecular weight is 295 g/mol. The van der Waals surface area contributed by atoms with Crippen LogP contribution in [0.15, 0.2) is 30.3 Å². The number of benzene rings is 1. The number of anilines is 1. The summed E-state index contributed by atoms with van der Waals surface area (Å²) in [7, 11) is 2.20. The number of pyridine rings is 1. The third-order valence-electron chi connectivity index (χ3n) is 4.74. The summed E-state index contributed by atoms with van der Waals surface area (Å²) in [6.45, 7) is 10.6. The van der Waals surface area contributed by atoms with Gasteiger partial charge in [-0.25, -0.2) is 0 Å². The Bertz CT molecular complexity index is 670. The second-order valence-corrected chi connectivity index (χ2v) is 6.46. The zero-order valence-corrected chi connectivity index (χ0v) is 14.2. The van der Waals surface area contributed by atoms with E-state index in [4.69, 9.17) is 4.98 Å². The van der Waals surface area contributed by atoms with Crippen molar-refractivity contribution in [2.75, 3.05) is 11.9 Å². The van der Waals surface area contributed by atoms with Gasteiger partial charge in [0.2, 0.25) is 0 Å². The first-order valence-electron chi connectivity index (χ1n) is 7.96. The van der Waals surface area contributed by atoms with Crippen LogP contribution in [0.25, 0.3) is 0 Å². The number of hydrogen-bond acceptors (Lipinski definition) is 3. The van der Waals surface area contributed by atoms with E-state index in [9.17, 15) is 0 Å². The van der Waals surface area contributed by atoms with Gasteiger partial charge in [-0.2, -0.15) is 0 Å². The number of fused-ring (bicyclic) bond motifs is 1. The molecule has 1 unspecified atom stereocenters. The third-order valence-corrected chi connectivity index (χ3v) is 4.74. The minimum Gasteiger partial charge on any atom is -0.350 e. The van der Waals surface area contributed by atoms with E-state index in [1.807, 2.05) is 0 Å². The maximum Gasteiger partial charge on any atom is 0.0797 e. The molecule has 0 N–H and O–H groups in total. The molecule has 3 nitrogen and oxygen atoms in total. The minimum atomic E-state index is 0.342. The largest absolute Gasteiger partial charge is 0.350 e. The van der Waals surface area contributed by atoms with Crippen LogP contribution in [0.4, 0.5) is 5.69 Å². The van der Waals surface area contributed by atoms with Gasteiger partial charge in [0.25, 0.3) is 0 Å². The average Bonchev–Trinajstić information content (AvgIpc) is 2.57. The van der Waals surface area contributed by atoms with Crippen molar-refractivity contribution in [3.8, 4) is 0 Å². The van der Waals surface area contributed by atoms with E-state index in [0.29, 0.717) is 6.17 Å². The molecule has 1 aromatic carbocycles. The molecule has 0 spiro atoms. The van der Waals surface area contributed by atoms with Crippen LogP contribution in [0.3, 0.4) is 0 Å². The maximum atomic E-state index is 4.70. The molecular formula is C19H25N3. The number of hydrogen-bond donors (Lipinski definition) is 0. The van der Waals surface area contributed by atoms with Crippen molar-refractivity contribution in [1.29, 1.82) is 0 Å². The van der Waals surface area contributed by atoms with Gasteiger partial charge in [-0.15, -0.1) is 0 Å². The monoisotopic (exact) mass is 295 g/mol. The van der Waals surface area contributed by atoms with E-state index in [-0.39, 0.29) is 0 Å². The van der Waals surface area contributed by atoms with Gasteiger partial charge in [0.05, 0.1) is 17.5 Å². The lowest BCUT2D eigenvalue weighted by atomic mass is 10.1. The van der Waals surface area contributed by atoms with Gasteiger partial charge in [-0.05, 0) is 57.5 Å². The van der Waals surface area contributed by atoms with Crippen LogP contribution < -0.4 is 4.90 Å². The molecule has 1 atom stereocenters. The highest BCUT2D eigenvalue weighted by atomic mass is 15.3. The molecule has 0 bridgehead atoms. The van der Waals surface area contributed by atoms with Gasteiger partial charge < -0.3 is 4.90 Å². The van der Waals surface area contributed by atoms with E-state index < -0.39 is 0 Å². The first-order chi connectivity index (χ1) is 10.5. The summed E-state index contributed by atoms with van der Waals surface area (Å²) in [5, 5.41) is 0. The standard InChI is InChI=1S/C19H25N3/c1-13-10-14(2)20-15(3)19(13)22-12-18-9-7-6-8-17(18)11-21(5)16(22)4/h6-10,16H,11-12H2,1-5H3. The molecular weight excluding hydrogens is 270 g/mol. The van der Waals surface area contributed by atoms with Crippen LogP contribution in [0.2, 0.25) is 0 Å². The Balaban J connectivity index is 2.10. The van der Waals surface area contributed by atoms with Crippen LogP contribution in [-0.2, 0) is 13.1 Å². The molecule has 0 amide bonds. The molecule has 0 saturated carbocycles. The van der Waals surface area contributed by atoms with Gasteiger partial charge >= 0.3 is 0 Å². The van der Waals surface area contributed by atoms with Gasteiger partial charge in [0, 0.05) is 18.8 Å². The molecule has 1 aromatic heterocycles. The van der Waals surface area contributed by atoms with E-state index in [2.05, 4.69) is 74.9 Å². The predicted octanol–water partition coefficient (Wildman–Crippen LogP) is 3.80. The highest BCUT2D eigenvalue weighted by Gasteiger charge is 2.26. The summed E-state index contributed by atoms with van der Waals surface area (Å²) in [5.74, 6) is 0. The number of aryl methyl sites for hydroxylation is 3. The number of nitrogens with zero attached hydrogens (tertiary/aromatic N) is 3. The Morgan fingerprint density at radius 1 is 1.05 bits per heavy atom. The molecule has 22 heavy (non-hydrogen) atoms. The van der Waals surface area contributed by atoms with Gasteiger partial charge in [0.1, 0.15) is 0 Å². The van der Waals surface area contributed by atoms with Crippen molar-refractivity contribution in [3.63, 3.8) is 0 Å². The van der Waals surface area contributed by atoms with E-state index in [0.717, 1.165) is 24.5 Å². The topological polar surface area (TPSA) is 19.4 Å². The Hall–Kier alpha value is -1.87. The fourth-order valence-electron chi connectivity index (χ4n) is 3.54. The quantitative estimate of drug-likeness (QED) is 0.797. The van der Waals surface area contributed by atoms with Crippen molar-refractivity contribution < 1.29 is 0 Å². The summed E-state index contributed by atoms with van der Waals surface area (Å²) in [6, 6.07) is 11.0. The SMILES string of the molecule is Cc1cc(C)c(N2Cc3ccccc3CN(C)C2C)c(C)n1. The normalized spacial score (nSPS) is 19.0. The van der Waals surface area contributed by atoms with Crippen LogP contribution in [0.5, 0.6) is 0 Å². The number of aromatic nitrogens is 1. The van der Waals surface area contributed by atoms with Crippen molar-refractivity contribution in [1.82, 2.24) is 9.88 Å². The van der Waals surface area contributed by atoms with Crippen LogP contribution in [-0.4, -0.2) is 23.1 Å². The molecule has 1 aliphatic heterocycles. The fraction of sp³-hybridized carbons (Fsp3) is 0.421. The van der Waals surface area contributed by atoms with Crippen molar-refractivity contribution >= 4 is 5.69 Å². The molecule has 3 heteroatoms. The summed E-state index contributed by atoms with van der Waals surface area (Å²) >= 11 is 0. The van der Waals surface area contributed by atoms with Gasteiger partial charge in [0.15, 0.2) is 0 Å². The van der Waals surface area contributed by atoms with Gasteiger partial charge in [-0.3, -0.25) is 9.88 Å².